The summed E-state index contributed by atoms with van der Waals surface area (Å²) >= 11 is 9.70. The molecule has 96 valence electrons. The van der Waals surface area contributed by atoms with E-state index in [1.165, 1.54) is 0 Å². The predicted octanol–water partition coefficient (Wildman–Crippen LogP) is 3.92. The first-order chi connectivity index (χ1) is 8.41. The average molecular weight is 329 g/mol. The zero-order valence-electron chi connectivity index (χ0n) is 10.5. The van der Waals surface area contributed by atoms with Gasteiger partial charge in [0, 0.05) is 10.5 Å². The van der Waals surface area contributed by atoms with Crippen molar-refractivity contribution >= 4 is 27.5 Å². The van der Waals surface area contributed by atoms with Crippen molar-refractivity contribution in [2.45, 2.75) is 26.8 Å². The first-order valence-electron chi connectivity index (χ1n) is 5.69. The summed E-state index contributed by atoms with van der Waals surface area (Å²) in [7, 11) is 0. The second kappa shape index (κ2) is 5.03. The highest BCUT2D eigenvalue weighted by atomic mass is 79.9. The monoisotopic (exact) mass is 327 g/mol. The van der Waals surface area contributed by atoms with Gasteiger partial charge in [-0.05, 0) is 38.5 Å². The van der Waals surface area contributed by atoms with E-state index in [-0.39, 0.29) is 6.04 Å². The van der Waals surface area contributed by atoms with Crippen molar-refractivity contribution in [2.75, 3.05) is 0 Å². The fraction of sp³-hybridized carbons (Fsp3) is 0.308. The number of nitrogens with zero attached hydrogens (tertiary/aromatic N) is 2. The van der Waals surface area contributed by atoms with Crippen LogP contribution in [-0.2, 0) is 0 Å². The number of benzene rings is 1. The lowest BCUT2D eigenvalue weighted by Gasteiger charge is -2.11. The van der Waals surface area contributed by atoms with Gasteiger partial charge in [0.25, 0.3) is 0 Å². The van der Waals surface area contributed by atoms with Gasteiger partial charge < -0.3 is 5.73 Å². The summed E-state index contributed by atoms with van der Waals surface area (Å²) in [5.41, 5.74) is 9.71. The van der Waals surface area contributed by atoms with Crippen LogP contribution in [0.3, 0.4) is 0 Å². The van der Waals surface area contributed by atoms with Crippen molar-refractivity contribution in [1.82, 2.24) is 9.78 Å². The molecule has 1 atom stereocenters. The van der Waals surface area contributed by atoms with E-state index < -0.39 is 0 Å². The fourth-order valence-electron chi connectivity index (χ4n) is 1.89. The molecule has 1 aromatic carbocycles. The van der Waals surface area contributed by atoms with Crippen LogP contribution in [0.4, 0.5) is 0 Å². The molecule has 0 fully saturated rings. The number of hydrogen-bond acceptors (Lipinski definition) is 2. The number of aryl methyl sites for hydroxylation is 1. The van der Waals surface area contributed by atoms with Gasteiger partial charge in [0.1, 0.15) is 0 Å². The maximum absolute atomic E-state index is 6.15. The smallest absolute Gasteiger partial charge is 0.0848 e. The maximum Gasteiger partial charge on any atom is 0.0848 e. The summed E-state index contributed by atoms with van der Waals surface area (Å²) in [5, 5.41) is 5.14. The van der Waals surface area contributed by atoms with Crippen LogP contribution in [0.2, 0.25) is 5.02 Å². The number of halogens is 2. The molecule has 0 unspecified atom stereocenters. The first-order valence-corrected chi connectivity index (χ1v) is 6.86. The van der Waals surface area contributed by atoms with Gasteiger partial charge in [-0.25, -0.2) is 4.68 Å². The molecule has 0 radical (unpaired) electrons. The van der Waals surface area contributed by atoms with E-state index in [9.17, 15) is 0 Å². The minimum atomic E-state index is -0.00234. The van der Waals surface area contributed by atoms with Crippen molar-refractivity contribution in [2.24, 2.45) is 5.73 Å². The minimum Gasteiger partial charge on any atom is -0.324 e. The summed E-state index contributed by atoms with van der Waals surface area (Å²) < 4.78 is 2.83. The minimum absolute atomic E-state index is 0.00234. The number of aromatic nitrogens is 2. The van der Waals surface area contributed by atoms with Gasteiger partial charge in [-0.1, -0.05) is 33.6 Å². The molecule has 3 nitrogen and oxygen atoms in total. The second-order valence-electron chi connectivity index (χ2n) is 4.39. The molecule has 1 heterocycles. The zero-order chi connectivity index (χ0) is 13.4. The Balaban J connectivity index is 2.52. The van der Waals surface area contributed by atoms with Crippen LogP contribution in [0.5, 0.6) is 0 Å². The van der Waals surface area contributed by atoms with Crippen LogP contribution >= 0.6 is 27.5 Å². The molecule has 0 aliphatic carbocycles. The fourth-order valence-corrected chi connectivity index (χ4v) is 2.74. The third-order valence-corrected chi connectivity index (χ3v) is 4.16. The normalized spacial score (nSPS) is 12.8. The SMILES string of the molecule is Cc1nn(-c2ccc([C@H](C)N)c(Br)c2)c(C)c1Cl. The molecule has 2 rings (SSSR count). The van der Waals surface area contributed by atoms with E-state index in [1.54, 1.807) is 0 Å². The number of hydrogen-bond donors (Lipinski definition) is 1. The Morgan fingerprint density at radius 1 is 1.39 bits per heavy atom. The van der Waals surface area contributed by atoms with Gasteiger partial charge in [0.05, 0.1) is 22.1 Å². The maximum atomic E-state index is 6.15. The lowest BCUT2D eigenvalue weighted by atomic mass is 10.1. The lowest BCUT2D eigenvalue weighted by Crippen LogP contribution is -2.07. The predicted molar refractivity (Wildman–Crippen MR) is 78.4 cm³/mol. The molecular weight excluding hydrogens is 314 g/mol. The van der Waals surface area contributed by atoms with E-state index in [0.717, 1.165) is 27.1 Å². The highest BCUT2D eigenvalue weighted by molar-refractivity contribution is 9.10. The van der Waals surface area contributed by atoms with E-state index in [2.05, 4.69) is 21.0 Å². The molecule has 2 aromatic rings. The summed E-state index contributed by atoms with van der Waals surface area (Å²) in [6.45, 7) is 5.81. The second-order valence-corrected chi connectivity index (χ2v) is 5.62. The van der Waals surface area contributed by atoms with Crippen LogP contribution < -0.4 is 5.73 Å². The van der Waals surface area contributed by atoms with Crippen molar-refractivity contribution < 1.29 is 0 Å². The van der Waals surface area contributed by atoms with Crippen LogP contribution in [0, 0.1) is 13.8 Å². The summed E-state index contributed by atoms with van der Waals surface area (Å²) in [5.74, 6) is 0. The van der Waals surface area contributed by atoms with E-state index >= 15 is 0 Å². The standard InChI is InChI=1S/C13H15BrClN3/c1-7(16)11-5-4-10(6-12(11)14)18-9(3)13(15)8(2)17-18/h4-7H,16H2,1-3H3/t7-/m0/s1. The molecule has 0 spiro atoms. The lowest BCUT2D eigenvalue weighted by molar-refractivity contribution is 0.803. The van der Waals surface area contributed by atoms with Gasteiger partial charge in [0.15, 0.2) is 0 Å². The zero-order valence-corrected chi connectivity index (χ0v) is 12.9. The van der Waals surface area contributed by atoms with Crippen LogP contribution in [-0.4, -0.2) is 9.78 Å². The van der Waals surface area contributed by atoms with E-state index in [1.807, 2.05) is 43.7 Å². The molecule has 0 bridgehead atoms. The third-order valence-electron chi connectivity index (χ3n) is 2.92. The molecule has 0 saturated carbocycles. The highest BCUT2D eigenvalue weighted by Crippen LogP contribution is 2.27. The molecule has 0 amide bonds. The van der Waals surface area contributed by atoms with Gasteiger partial charge in [0.2, 0.25) is 0 Å². The Morgan fingerprint density at radius 3 is 2.50 bits per heavy atom. The Labute approximate surface area is 120 Å². The van der Waals surface area contributed by atoms with E-state index in [4.69, 9.17) is 17.3 Å². The number of rotatable bonds is 2. The van der Waals surface area contributed by atoms with E-state index in [0.29, 0.717) is 5.02 Å². The molecule has 18 heavy (non-hydrogen) atoms. The molecule has 0 aliphatic rings. The molecule has 2 N–H and O–H groups in total. The van der Waals surface area contributed by atoms with Gasteiger partial charge in [-0.15, -0.1) is 0 Å². The molecule has 0 saturated heterocycles. The summed E-state index contributed by atoms with van der Waals surface area (Å²) in [6, 6.07) is 6.01. The van der Waals surface area contributed by atoms with Crippen molar-refractivity contribution in [1.29, 1.82) is 0 Å². The van der Waals surface area contributed by atoms with Crippen molar-refractivity contribution in [3.63, 3.8) is 0 Å². The molecular formula is C13H15BrClN3. The summed E-state index contributed by atoms with van der Waals surface area (Å²) in [4.78, 5) is 0. The largest absolute Gasteiger partial charge is 0.324 e. The van der Waals surface area contributed by atoms with Gasteiger partial charge >= 0.3 is 0 Å². The first kappa shape index (κ1) is 13.6. The van der Waals surface area contributed by atoms with Crippen molar-refractivity contribution in [3.05, 3.63) is 44.6 Å². The third kappa shape index (κ3) is 2.32. The highest BCUT2D eigenvalue weighted by Gasteiger charge is 2.12. The average Bonchev–Trinajstić information content (AvgIpc) is 2.56. The number of nitrogens with two attached hydrogens (primary N) is 1. The van der Waals surface area contributed by atoms with Crippen LogP contribution in [0.1, 0.15) is 29.9 Å². The van der Waals surface area contributed by atoms with Crippen molar-refractivity contribution in [3.8, 4) is 5.69 Å². The molecule has 5 heteroatoms. The van der Waals surface area contributed by atoms with Crippen LogP contribution in [0.25, 0.3) is 5.69 Å². The Hall–Kier alpha value is -0.840. The Morgan fingerprint density at radius 2 is 2.06 bits per heavy atom. The molecule has 1 aromatic heterocycles. The van der Waals surface area contributed by atoms with Crippen LogP contribution in [0.15, 0.2) is 22.7 Å². The molecule has 0 aliphatic heterocycles. The quantitative estimate of drug-likeness (QED) is 0.908. The topological polar surface area (TPSA) is 43.8 Å². The van der Waals surface area contributed by atoms with Gasteiger partial charge in [-0.2, -0.15) is 5.10 Å². The van der Waals surface area contributed by atoms with Gasteiger partial charge in [-0.3, -0.25) is 0 Å². The Bertz CT molecular complexity index is 590. The summed E-state index contributed by atoms with van der Waals surface area (Å²) in [6.07, 6.45) is 0. The Kier molecular flexibility index (Phi) is 3.80.